The van der Waals surface area contributed by atoms with Crippen LogP contribution in [0.25, 0.3) is 0 Å². The minimum Gasteiger partial charge on any atom is -0.477 e. The third-order valence-corrected chi connectivity index (χ3v) is 4.28. The van der Waals surface area contributed by atoms with Crippen molar-refractivity contribution < 1.29 is 23.1 Å². The lowest BCUT2D eigenvalue weighted by Gasteiger charge is -2.11. The number of aromatic carboxylic acids is 1. The predicted molar refractivity (Wildman–Crippen MR) is 71.0 cm³/mol. The summed E-state index contributed by atoms with van der Waals surface area (Å²) in [4.78, 5) is 25.9. The van der Waals surface area contributed by atoms with Gasteiger partial charge in [-0.3, -0.25) is 4.79 Å². The van der Waals surface area contributed by atoms with E-state index in [0.29, 0.717) is 0 Å². The molecule has 0 aliphatic carbocycles. The Balaban J connectivity index is 2.58. The van der Waals surface area contributed by atoms with Crippen molar-refractivity contribution in [1.29, 1.82) is 0 Å². The number of sulfonamides is 1. The lowest BCUT2D eigenvalue weighted by atomic mass is 10.2. The number of carboxylic acids is 1. The van der Waals surface area contributed by atoms with E-state index in [1.54, 1.807) is 0 Å². The van der Waals surface area contributed by atoms with Crippen LogP contribution in [0.15, 0.2) is 18.3 Å². The fourth-order valence-corrected chi connectivity index (χ4v) is 1.96. The second-order valence-corrected chi connectivity index (χ2v) is 6.39. The van der Waals surface area contributed by atoms with E-state index >= 15 is 0 Å². The van der Waals surface area contributed by atoms with Crippen LogP contribution in [0.3, 0.4) is 0 Å². The number of pyridine rings is 1. The van der Waals surface area contributed by atoms with Crippen molar-refractivity contribution in [1.82, 2.24) is 14.6 Å². The first-order valence-corrected chi connectivity index (χ1v) is 7.22. The van der Waals surface area contributed by atoms with Gasteiger partial charge >= 0.3 is 5.97 Å². The summed E-state index contributed by atoms with van der Waals surface area (Å²) in [6.45, 7) is -0.0416. The molecule has 0 unspecified atom stereocenters. The number of carboxylic acid groups (broad SMARTS) is 1. The number of carbonyl (C=O) groups excluding carboxylic acids is 1. The van der Waals surface area contributed by atoms with Crippen LogP contribution in [0, 0.1) is 0 Å². The molecule has 0 aliphatic heterocycles. The van der Waals surface area contributed by atoms with Gasteiger partial charge in [0.25, 0.3) is 5.91 Å². The molecule has 1 aromatic rings. The van der Waals surface area contributed by atoms with E-state index in [4.69, 9.17) is 5.11 Å². The Hall–Kier alpha value is -2.00. The molecule has 0 spiro atoms. The van der Waals surface area contributed by atoms with Crippen LogP contribution in [-0.4, -0.2) is 61.1 Å². The Kier molecular flexibility index (Phi) is 5.17. The number of amides is 1. The summed E-state index contributed by atoms with van der Waals surface area (Å²) in [6, 6.07) is 2.51. The van der Waals surface area contributed by atoms with Crippen LogP contribution < -0.4 is 5.32 Å². The summed E-state index contributed by atoms with van der Waals surface area (Å²) in [5.74, 6) is -1.91. The van der Waals surface area contributed by atoms with E-state index in [-0.39, 0.29) is 23.6 Å². The number of hydrogen-bond donors (Lipinski definition) is 2. The molecule has 0 atom stereocenters. The second kappa shape index (κ2) is 6.44. The minimum absolute atomic E-state index is 0.0416. The number of nitrogens with one attached hydrogen (secondary N) is 1. The zero-order valence-corrected chi connectivity index (χ0v) is 11.8. The monoisotopic (exact) mass is 301 g/mol. The predicted octanol–water partition coefficient (Wildman–Crippen LogP) is -0.599. The van der Waals surface area contributed by atoms with Gasteiger partial charge in [0.1, 0.15) is 5.69 Å². The summed E-state index contributed by atoms with van der Waals surface area (Å²) in [7, 11) is -0.552. The van der Waals surface area contributed by atoms with Crippen LogP contribution >= 0.6 is 0 Å². The Morgan fingerprint density at radius 1 is 1.35 bits per heavy atom. The van der Waals surface area contributed by atoms with Gasteiger partial charge in [0.05, 0.1) is 11.3 Å². The van der Waals surface area contributed by atoms with Gasteiger partial charge in [-0.25, -0.2) is 22.5 Å². The van der Waals surface area contributed by atoms with Crippen molar-refractivity contribution in [2.75, 3.05) is 26.4 Å². The van der Waals surface area contributed by atoms with Gasteiger partial charge in [-0.05, 0) is 12.1 Å². The summed E-state index contributed by atoms with van der Waals surface area (Å²) >= 11 is 0. The third-order valence-electron chi connectivity index (χ3n) is 2.45. The summed E-state index contributed by atoms with van der Waals surface area (Å²) in [5, 5.41) is 11.1. The van der Waals surface area contributed by atoms with Crippen LogP contribution in [-0.2, 0) is 10.0 Å². The van der Waals surface area contributed by atoms with Crippen LogP contribution in [0.1, 0.15) is 20.8 Å². The standard InChI is InChI=1S/C11H15N3O5S/c1-14(2)20(18,19)6-5-12-10(15)8-3-4-9(11(16)17)13-7-8/h3-4,7H,5-6H2,1-2H3,(H,12,15)(H,16,17). The van der Waals surface area contributed by atoms with Crippen molar-refractivity contribution in [2.45, 2.75) is 0 Å². The molecule has 8 nitrogen and oxygen atoms in total. The zero-order valence-electron chi connectivity index (χ0n) is 11.0. The fraction of sp³-hybridized carbons (Fsp3) is 0.364. The van der Waals surface area contributed by atoms with E-state index in [1.807, 2.05) is 0 Å². The maximum Gasteiger partial charge on any atom is 0.354 e. The fourth-order valence-electron chi connectivity index (χ4n) is 1.23. The zero-order chi connectivity index (χ0) is 15.3. The molecule has 0 saturated heterocycles. The summed E-state index contributed by atoms with van der Waals surface area (Å²) in [6.07, 6.45) is 1.12. The Bertz CT molecular complexity index is 595. The molecule has 1 heterocycles. The normalized spacial score (nSPS) is 11.3. The summed E-state index contributed by atoms with van der Waals surface area (Å²) < 4.78 is 24.0. The molecule has 1 rings (SSSR count). The lowest BCUT2D eigenvalue weighted by molar-refractivity contribution is 0.0689. The van der Waals surface area contributed by atoms with Crippen molar-refractivity contribution in [3.63, 3.8) is 0 Å². The van der Waals surface area contributed by atoms with E-state index < -0.39 is 21.9 Å². The first-order chi connectivity index (χ1) is 9.24. The first-order valence-electron chi connectivity index (χ1n) is 5.62. The molecule has 1 amide bonds. The molecule has 1 aromatic heterocycles. The number of hydrogen-bond acceptors (Lipinski definition) is 5. The van der Waals surface area contributed by atoms with E-state index in [9.17, 15) is 18.0 Å². The molecule has 20 heavy (non-hydrogen) atoms. The van der Waals surface area contributed by atoms with Gasteiger partial charge in [-0.1, -0.05) is 0 Å². The average Bonchev–Trinajstić information content (AvgIpc) is 2.38. The van der Waals surface area contributed by atoms with Crippen LogP contribution in [0.4, 0.5) is 0 Å². The van der Waals surface area contributed by atoms with Gasteiger partial charge < -0.3 is 10.4 Å². The second-order valence-electron chi connectivity index (χ2n) is 4.09. The van der Waals surface area contributed by atoms with Crippen molar-refractivity contribution >= 4 is 21.9 Å². The van der Waals surface area contributed by atoms with E-state index in [2.05, 4.69) is 10.3 Å². The van der Waals surface area contributed by atoms with Gasteiger partial charge in [0, 0.05) is 26.8 Å². The molecule has 0 radical (unpaired) electrons. The topological polar surface area (TPSA) is 117 Å². The first kappa shape index (κ1) is 16.1. The Morgan fingerprint density at radius 3 is 2.45 bits per heavy atom. The number of rotatable bonds is 6. The highest BCUT2D eigenvalue weighted by atomic mass is 32.2. The molecule has 0 saturated carbocycles. The van der Waals surface area contributed by atoms with Gasteiger partial charge in [0.2, 0.25) is 10.0 Å². The molecular formula is C11H15N3O5S. The van der Waals surface area contributed by atoms with Gasteiger partial charge in [0.15, 0.2) is 0 Å². The molecule has 0 aliphatic rings. The number of carbonyl (C=O) groups is 2. The molecule has 0 aromatic carbocycles. The molecule has 0 fully saturated rings. The van der Waals surface area contributed by atoms with Crippen LogP contribution in [0.2, 0.25) is 0 Å². The highest BCUT2D eigenvalue weighted by Crippen LogP contribution is 2.00. The Morgan fingerprint density at radius 2 is 2.00 bits per heavy atom. The van der Waals surface area contributed by atoms with Crippen molar-refractivity contribution in [3.05, 3.63) is 29.6 Å². The van der Waals surface area contributed by atoms with E-state index in [0.717, 1.165) is 10.5 Å². The lowest BCUT2D eigenvalue weighted by Crippen LogP contribution is -2.34. The molecule has 0 bridgehead atoms. The third kappa shape index (κ3) is 4.28. The number of aromatic nitrogens is 1. The highest BCUT2D eigenvalue weighted by molar-refractivity contribution is 7.89. The highest BCUT2D eigenvalue weighted by Gasteiger charge is 2.14. The summed E-state index contributed by atoms with van der Waals surface area (Å²) in [5.41, 5.74) is -0.00557. The molecule has 9 heteroatoms. The minimum atomic E-state index is -3.37. The Labute approximate surface area is 116 Å². The molecular weight excluding hydrogens is 286 g/mol. The van der Waals surface area contributed by atoms with Crippen molar-refractivity contribution in [2.24, 2.45) is 0 Å². The SMILES string of the molecule is CN(C)S(=O)(=O)CCNC(=O)c1ccc(C(=O)O)nc1. The molecule has 2 N–H and O–H groups in total. The average molecular weight is 301 g/mol. The largest absolute Gasteiger partial charge is 0.477 e. The maximum absolute atomic E-state index is 11.7. The van der Waals surface area contributed by atoms with Gasteiger partial charge in [-0.15, -0.1) is 0 Å². The van der Waals surface area contributed by atoms with E-state index in [1.165, 1.54) is 26.2 Å². The van der Waals surface area contributed by atoms with Crippen molar-refractivity contribution in [3.8, 4) is 0 Å². The molecule has 110 valence electrons. The van der Waals surface area contributed by atoms with Crippen LogP contribution in [0.5, 0.6) is 0 Å². The van der Waals surface area contributed by atoms with Gasteiger partial charge in [-0.2, -0.15) is 0 Å². The maximum atomic E-state index is 11.7. The quantitative estimate of drug-likeness (QED) is 0.724. The smallest absolute Gasteiger partial charge is 0.354 e. The number of nitrogens with zero attached hydrogens (tertiary/aromatic N) is 2.